The van der Waals surface area contributed by atoms with E-state index in [0.29, 0.717) is 24.0 Å². The molecule has 136 valence electrons. The van der Waals surface area contributed by atoms with E-state index >= 15 is 0 Å². The lowest BCUT2D eigenvalue weighted by molar-refractivity contribution is -0.140. The fourth-order valence-corrected chi connectivity index (χ4v) is 3.44. The van der Waals surface area contributed by atoms with Gasteiger partial charge in [-0.3, -0.25) is 4.79 Å². The predicted octanol–water partition coefficient (Wildman–Crippen LogP) is 3.76. The van der Waals surface area contributed by atoms with Gasteiger partial charge in [-0.1, -0.05) is 54.6 Å². The van der Waals surface area contributed by atoms with Crippen LogP contribution in [0.2, 0.25) is 0 Å². The molecule has 0 aliphatic carbocycles. The third kappa shape index (κ3) is 3.53. The predicted molar refractivity (Wildman–Crippen MR) is 102 cm³/mol. The molecule has 4 rings (SSSR count). The third-order valence-electron chi connectivity index (χ3n) is 4.84. The molecule has 0 N–H and O–H groups in total. The van der Waals surface area contributed by atoms with Gasteiger partial charge in [0.2, 0.25) is 6.10 Å². The number of likely N-dealkylation sites (tertiary alicyclic amines) is 1. The van der Waals surface area contributed by atoms with Crippen molar-refractivity contribution in [2.24, 2.45) is 0 Å². The number of carbonyl (C=O) groups excluding carboxylic acids is 2. The maximum absolute atomic E-state index is 13.0. The minimum atomic E-state index is -0.961. The van der Waals surface area contributed by atoms with Crippen molar-refractivity contribution in [3.8, 4) is 0 Å². The van der Waals surface area contributed by atoms with Gasteiger partial charge in [0.1, 0.15) is 0 Å². The molecule has 1 aliphatic rings. The molecule has 1 aliphatic heterocycles. The average molecular weight is 360 g/mol. The van der Waals surface area contributed by atoms with Crippen LogP contribution in [-0.2, 0) is 9.53 Å². The minimum absolute atomic E-state index is 0.174. The molecule has 1 fully saturated rings. The molecular weight excluding hydrogens is 340 g/mol. The number of pyridine rings is 1. The van der Waals surface area contributed by atoms with E-state index in [1.54, 1.807) is 11.1 Å². The lowest BCUT2D eigenvalue weighted by atomic mass is 10.1. The molecule has 5 nitrogen and oxygen atoms in total. The van der Waals surface area contributed by atoms with Crippen LogP contribution in [0, 0.1) is 0 Å². The van der Waals surface area contributed by atoms with E-state index in [2.05, 4.69) is 4.98 Å². The summed E-state index contributed by atoms with van der Waals surface area (Å²) >= 11 is 0. The van der Waals surface area contributed by atoms with Crippen LogP contribution in [0.25, 0.3) is 10.8 Å². The van der Waals surface area contributed by atoms with E-state index in [0.717, 1.165) is 18.2 Å². The van der Waals surface area contributed by atoms with Gasteiger partial charge < -0.3 is 9.64 Å². The number of rotatable bonds is 4. The summed E-state index contributed by atoms with van der Waals surface area (Å²) in [7, 11) is 0. The number of hydrogen-bond donors (Lipinski definition) is 0. The van der Waals surface area contributed by atoms with Crippen molar-refractivity contribution >= 4 is 22.6 Å². The summed E-state index contributed by atoms with van der Waals surface area (Å²) in [5.41, 5.74) is 0.895. The topological polar surface area (TPSA) is 59.5 Å². The van der Waals surface area contributed by atoms with Crippen LogP contribution in [-0.4, -0.2) is 34.8 Å². The number of nitrogens with zero attached hydrogens (tertiary/aromatic N) is 2. The molecule has 0 saturated carbocycles. The lowest BCUT2D eigenvalue weighted by Crippen LogP contribution is -2.35. The van der Waals surface area contributed by atoms with Crippen molar-refractivity contribution in [1.29, 1.82) is 0 Å². The molecule has 1 amide bonds. The summed E-state index contributed by atoms with van der Waals surface area (Å²) in [5.74, 6) is -0.763. The van der Waals surface area contributed by atoms with Crippen molar-refractivity contribution in [2.75, 3.05) is 13.1 Å². The number of aromatic nitrogens is 1. The zero-order valence-corrected chi connectivity index (χ0v) is 14.9. The zero-order chi connectivity index (χ0) is 18.6. The SMILES string of the molecule is O=C(O[C@H](C(=O)N1CCCC1)c1ccccc1)c1nccc2ccccc12. The molecule has 2 heterocycles. The molecule has 1 aromatic heterocycles. The van der Waals surface area contributed by atoms with E-state index < -0.39 is 12.1 Å². The highest BCUT2D eigenvalue weighted by Crippen LogP contribution is 2.25. The minimum Gasteiger partial charge on any atom is -0.443 e. The number of ether oxygens (including phenoxy) is 1. The first-order valence-corrected chi connectivity index (χ1v) is 9.12. The number of fused-ring (bicyclic) bond motifs is 1. The van der Waals surface area contributed by atoms with Crippen molar-refractivity contribution in [1.82, 2.24) is 9.88 Å². The van der Waals surface area contributed by atoms with Crippen LogP contribution in [0.1, 0.15) is 35.0 Å². The molecule has 0 spiro atoms. The van der Waals surface area contributed by atoms with Gasteiger partial charge in [-0.2, -0.15) is 0 Å². The Morgan fingerprint density at radius 2 is 1.63 bits per heavy atom. The maximum Gasteiger partial charge on any atom is 0.358 e. The van der Waals surface area contributed by atoms with Gasteiger partial charge in [0, 0.05) is 30.2 Å². The molecule has 1 atom stereocenters. The Morgan fingerprint density at radius 3 is 2.41 bits per heavy atom. The van der Waals surface area contributed by atoms with Crippen LogP contribution < -0.4 is 0 Å². The number of carbonyl (C=O) groups is 2. The quantitative estimate of drug-likeness (QED) is 0.665. The summed E-state index contributed by atoms with van der Waals surface area (Å²) in [6, 6.07) is 18.5. The Morgan fingerprint density at radius 1 is 0.926 bits per heavy atom. The highest BCUT2D eigenvalue weighted by atomic mass is 16.5. The van der Waals surface area contributed by atoms with Crippen molar-refractivity contribution in [3.63, 3.8) is 0 Å². The molecule has 0 unspecified atom stereocenters. The molecule has 27 heavy (non-hydrogen) atoms. The van der Waals surface area contributed by atoms with E-state index in [1.165, 1.54) is 0 Å². The van der Waals surface area contributed by atoms with Gasteiger partial charge in [0.15, 0.2) is 5.69 Å². The maximum atomic E-state index is 13.0. The second-order valence-electron chi connectivity index (χ2n) is 6.61. The van der Waals surface area contributed by atoms with E-state index in [1.807, 2.05) is 60.7 Å². The van der Waals surface area contributed by atoms with Crippen LogP contribution in [0.5, 0.6) is 0 Å². The number of amides is 1. The monoisotopic (exact) mass is 360 g/mol. The van der Waals surface area contributed by atoms with Crippen LogP contribution in [0.3, 0.4) is 0 Å². The first-order valence-electron chi connectivity index (χ1n) is 9.12. The van der Waals surface area contributed by atoms with Gasteiger partial charge in [0.05, 0.1) is 0 Å². The highest BCUT2D eigenvalue weighted by Gasteiger charge is 2.31. The highest BCUT2D eigenvalue weighted by molar-refractivity contribution is 6.03. The van der Waals surface area contributed by atoms with Gasteiger partial charge in [-0.25, -0.2) is 9.78 Å². The Bertz CT molecular complexity index is 960. The number of esters is 1. The van der Waals surface area contributed by atoms with E-state index in [9.17, 15) is 9.59 Å². The normalized spacial score (nSPS) is 14.9. The summed E-state index contributed by atoms with van der Waals surface area (Å²) < 4.78 is 5.71. The third-order valence-corrected chi connectivity index (χ3v) is 4.84. The molecule has 2 aromatic carbocycles. The van der Waals surface area contributed by atoms with E-state index in [-0.39, 0.29) is 11.6 Å². The van der Waals surface area contributed by atoms with E-state index in [4.69, 9.17) is 4.74 Å². The molecule has 5 heteroatoms. The Hall–Kier alpha value is -3.21. The molecule has 3 aromatic rings. The van der Waals surface area contributed by atoms with Crippen LogP contribution in [0.4, 0.5) is 0 Å². The Balaban J connectivity index is 1.66. The largest absolute Gasteiger partial charge is 0.443 e. The van der Waals surface area contributed by atoms with Crippen molar-refractivity contribution < 1.29 is 14.3 Å². The fraction of sp³-hybridized carbons (Fsp3) is 0.227. The molecule has 0 radical (unpaired) electrons. The first kappa shape index (κ1) is 17.2. The smallest absolute Gasteiger partial charge is 0.358 e. The molecule has 0 bridgehead atoms. The first-order chi connectivity index (χ1) is 13.2. The summed E-state index contributed by atoms with van der Waals surface area (Å²) in [6.45, 7) is 1.40. The van der Waals surface area contributed by atoms with Crippen LogP contribution in [0.15, 0.2) is 66.9 Å². The second-order valence-corrected chi connectivity index (χ2v) is 6.61. The van der Waals surface area contributed by atoms with Crippen LogP contribution >= 0.6 is 0 Å². The fourth-order valence-electron chi connectivity index (χ4n) is 3.44. The molecular formula is C22H20N2O3. The number of benzene rings is 2. The summed E-state index contributed by atoms with van der Waals surface area (Å²) in [5, 5.41) is 1.62. The molecule has 1 saturated heterocycles. The Kier molecular flexibility index (Phi) is 4.83. The summed E-state index contributed by atoms with van der Waals surface area (Å²) in [6.07, 6.45) is 2.58. The van der Waals surface area contributed by atoms with Gasteiger partial charge in [0.25, 0.3) is 5.91 Å². The van der Waals surface area contributed by atoms with Crippen molar-refractivity contribution in [3.05, 3.63) is 78.1 Å². The van der Waals surface area contributed by atoms with Crippen molar-refractivity contribution in [2.45, 2.75) is 18.9 Å². The Labute approximate surface area is 157 Å². The second kappa shape index (κ2) is 7.58. The summed E-state index contributed by atoms with van der Waals surface area (Å²) in [4.78, 5) is 31.9. The number of hydrogen-bond acceptors (Lipinski definition) is 4. The van der Waals surface area contributed by atoms with Gasteiger partial charge >= 0.3 is 5.97 Å². The standard InChI is InChI=1S/C22H20N2O3/c25-21(24-14-6-7-15-24)20(17-9-2-1-3-10-17)27-22(26)19-18-11-5-4-8-16(18)12-13-23-19/h1-5,8-13,20H,6-7,14-15H2/t20-/m0/s1. The lowest BCUT2D eigenvalue weighted by Gasteiger charge is -2.23. The van der Waals surface area contributed by atoms with Gasteiger partial charge in [-0.05, 0) is 24.3 Å². The average Bonchev–Trinajstić information content (AvgIpc) is 3.26. The zero-order valence-electron chi connectivity index (χ0n) is 14.9. The van der Waals surface area contributed by atoms with Gasteiger partial charge in [-0.15, -0.1) is 0 Å².